The summed E-state index contributed by atoms with van der Waals surface area (Å²) in [5, 5.41) is 22.9. The maximum absolute atomic E-state index is 12.8. The Bertz CT molecular complexity index is 1030. The van der Waals surface area contributed by atoms with Crippen LogP contribution in [0, 0.1) is 11.3 Å². The second-order valence-electron chi connectivity index (χ2n) is 8.49. The van der Waals surface area contributed by atoms with E-state index in [1.165, 1.54) is 16.6 Å². The van der Waals surface area contributed by atoms with E-state index in [0.29, 0.717) is 35.5 Å². The van der Waals surface area contributed by atoms with Gasteiger partial charge < -0.3 is 19.7 Å². The molecule has 0 spiro atoms. The van der Waals surface area contributed by atoms with Gasteiger partial charge in [0.25, 0.3) is 0 Å². The van der Waals surface area contributed by atoms with Crippen LogP contribution in [0.15, 0.2) is 5.16 Å². The molecule has 5 rings (SSSR count). The third kappa shape index (κ3) is 5.04. The standard InChI is InChI=1S/C22H28N6O3S2/c23-12-17-16-5-1-2-6-18(16)33-20(17)24-19(29)14-32-22-26-25-21(27-7-10-30-11-8-27)28(22)13-15-4-3-9-31-15/h15H,1-11,13-14H2,(H,24,29). The maximum Gasteiger partial charge on any atom is 0.235 e. The summed E-state index contributed by atoms with van der Waals surface area (Å²) in [6, 6.07) is 2.30. The van der Waals surface area contributed by atoms with Gasteiger partial charge in [0.15, 0.2) is 5.16 Å². The molecular weight excluding hydrogens is 460 g/mol. The molecule has 176 valence electrons. The lowest BCUT2D eigenvalue weighted by Crippen LogP contribution is -2.38. The topological polar surface area (TPSA) is 105 Å². The highest BCUT2D eigenvalue weighted by Gasteiger charge is 2.26. The quantitative estimate of drug-likeness (QED) is 0.593. The molecule has 0 aromatic carbocycles. The number of nitrogens with zero attached hydrogens (tertiary/aromatic N) is 5. The first kappa shape index (κ1) is 22.7. The maximum atomic E-state index is 12.8. The summed E-state index contributed by atoms with van der Waals surface area (Å²) in [6.07, 6.45) is 6.40. The Morgan fingerprint density at radius 1 is 1.21 bits per heavy atom. The highest BCUT2D eigenvalue weighted by Crippen LogP contribution is 2.37. The Morgan fingerprint density at radius 3 is 2.85 bits per heavy atom. The van der Waals surface area contributed by atoms with E-state index in [-0.39, 0.29) is 17.8 Å². The molecule has 0 saturated carbocycles. The minimum absolute atomic E-state index is 0.130. The van der Waals surface area contributed by atoms with E-state index >= 15 is 0 Å². The van der Waals surface area contributed by atoms with E-state index in [2.05, 4.69) is 31.1 Å². The minimum atomic E-state index is -0.130. The number of nitrogens with one attached hydrogen (secondary N) is 1. The molecule has 3 aliphatic rings. The van der Waals surface area contributed by atoms with Crippen LogP contribution in [0.2, 0.25) is 0 Å². The number of hydrogen-bond acceptors (Lipinski definition) is 9. The molecule has 1 N–H and O–H groups in total. The van der Waals surface area contributed by atoms with Gasteiger partial charge in [-0.05, 0) is 44.1 Å². The van der Waals surface area contributed by atoms with Gasteiger partial charge in [-0.3, -0.25) is 9.36 Å². The number of carbonyl (C=O) groups excluding carboxylic acids is 1. The summed E-state index contributed by atoms with van der Waals surface area (Å²) in [6.45, 7) is 4.35. The molecule has 2 saturated heterocycles. The monoisotopic (exact) mass is 488 g/mol. The number of hydrogen-bond donors (Lipinski definition) is 1. The molecule has 2 aromatic heterocycles. The predicted molar refractivity (Wildman–Crippen MR) is 127 cm³/mol. The zero-order valence-corrected chi connectivity index (χ0v) is 20.2. The van der Waals surface area contributed by atoms with Crippen LogP contribution in [0.4, 0.5) is 10.9 Å². The van der Waals surface area contributed by atoms with Crippen molar-refractivity contribution in [3.8, 4) is 6.07 Å². The van der Waals surface area contributed by atoms with Gasteiger partial charge in [0.1, 0.15) is 11.1 Å². The van der Waals surface area contributed by atoms with Gasteiger partial charge in [0, 0.05) is 24.6 Å². The third-order valence-electron chi connectivity index (χ3n) is 6.27. The fourth-order valence-corrected chi connectivity index (χ4v) is 6.60. The number of ether oxygens (including phenoxy) is 2. The molecule has 9 nitrogen and oxygen atoms in total. The van der Waals surface area contributed by atoms with Crippen LogP contribution in [0.3, 0.4) is 0 Å². The van der Waals surface area contributed by atoms with E-state index in [9.17, 15) is 10.1 Å². The van der Waals surface area contributed by atoms with Crippen LogP contribution in [-0.2, 0) is 33.7 Å². The van der Waals surface area contributed by atoms with Crippen molar-refractivity contribution < 1.29 is 14.3 Å². The van der Waals surface area contributed by atoms with Crippen molar-refractivity contribution in [2.45, 2.75) is 56.3 Å². The molecule has 11 heteroatoms. The Kier molecular flexibility index (Phi) is 7.16. The average Bonchev–Trinajstić information content (AvgIpc) is 3.57. The van der Waals surface area contributed by atoms with Gasteiger partial charge >= 0.3 is 0 Å². The molecular formula is C22H28N6O3S2. The lowest BCUT2D eigenvalue weighted by atomic mass is 9.96. The average molecular weight is 489 g/mol. The lowest BCUT2D eigenvalue weighted by molar-refractivity contribution is -0.113. The van der Waals surface area contributed by atoms with E-state index in [1.807, 2.05) is 0 Å². The first-order chi connectivity index (χ1) is 16.2. The minimum Gasteiger partial charge on any atom is -0.378 e. The Morgan fingerprint density at radius 2 is 2.06 bits per heavy atom. The summed E-state index contributed by atoms with van der Waals surface area (Å²) >= 11 is 2.93. The lowest BCUT2D eigenvalue weighted by Gasteiger charge is -2.28. The number of amides is 1. The number of thiophene rings is 1. The zero-order chi connectivity index (χ0) is 22.6. The van der Waals surface area contributed by atoms with Crippen molar-refractivity contribution in [2.75, 3.05) is 48.9 Å². The smallest absolute Gasteiger partial charge is 0.235 e. The SMILES string of the molecule is N#Cc1c(NC(=O)CSc2nnc(N3CCOCC3)n2CC2CCCO2)sc2c1CCCC2. The predicted octanol–water partition coefficient (Wildman–Crippen LogP) is 2.84. The molecule has 2 fully saturated rings. The number of aromatic nitrogens is 3. The Balaban J connectivity index is 1.28. The van der Waals surface area contributed by atoms with Gasteiger partial charge in [-0.1, -0.05) is 11.8 Å². The molecule has 0 radical (unpaired) electrons. The molecule has 1 amide bonds. The van der Waals surface area contributed by atoms with Crippen molar-refractivity contribution in [3.63, 3.8) is 0 Å². The van der Waals surface area contributed by atoms with Crippen molar-refractivity contribution in [1.29, 1.82) is 5.26 Å². The van der Waals surface area contributed by atoms with Crippen molar-refractivity contribution >= 4 is 40.0 Å². The summed E-state index contributed by atoms with van der Waals surface area (Å²) < 4.78 is 13.4. The molecule has 1 aliphatic carbocycles. The highest BCUT2D eigenvalue weighted by atomic mass is 32.2. The van der Waals surface area contributed by atoms with E-state index < -0.39 is 0 Å². The van der Waals surface area contributed by atoms with E-state index in [4.69, 9.17) is 9.47 Å². The van der Waals surface area contributed by atoms with Crippen LogP contribution < -0.4 is 10.2 Å². The van der Waals surface area contributed by atoms with Crippen molar-refractivity contribution in [2.24, 2.45) is 0 Å². The number of thioether (sulfide) groups is 1. The second-order valence-corrected chi connectivity index (χ2v) is 10.5. The number of fused-ring (bicyclic) bond motifs is 1. The fraction of sp³-hybridized carbons (Fsp3) is 0.636. The summed E-state index contributed by atoms with van der Waals surface area (Å²) in [4.78, 5) is 16.2. The number of carbonyl (C=O) groups is 1. The fourth-order valence-electron chi connectivity index (χ4n) is 4.60. The molecule has 2 aliphatic heterocycles. The normalized spacial score (nSPS) is 20.5. The van der Waals surface area contributed by atoms with E-state index in [1.54, 1.807) is 11.3 Å². The molecule has 0 bridgehead atoms. The number of anilines is 2. The first-order valence-electron chi connectivity index (χ1n) is 11.6. The second kappa shape index (κ2) is 10.4. The van der Waals surface area contributed by atoms with E-state index in [0.717, 1.165) is 69.7 Å². The number of nitriles is 1. The first-order valence-corrected chi connectivity index (χ1v) is 13.4. The number of rotatable bonds is 7. The van der Waals surface area contributed by atoms with Gasteiger partial charge in [-0.15, -0.1) is 21.5 Å². The van der Waals surface area contributed by atoms with Crippen molar-refractivity contribution in [3.05, 3.63) is 16.0 Å². The molecule has 33 heavy (non-hydrogen) atoms. The van der Waals surface area contributed by atoms with Gasteiger partial charge in [0.2, 0.25) is 11.9 Å². The Labute approximate surface area is 201 Å². The molecule has 1 atom stereocenters. The van der Waals surface area contributed by atoms with Crippen LogP contribution >= 0.6 is 23.1 Å². The number of aryl methyl sites for hydroxylation is 1. The van der Waals surface area contributed by atoms with Gasteiger partial charge in [-0.25, -0.2) is 0 Å². The molecule has 1 unspecified atom stereocenters. The summed E-state index contributed by atoms with van der Waals surface area (Å²) in [5.41, 5.74) is 1.77. The van der Waals surface area contributed by atoms with Crippen LogP contribution in [0.25, 0.3) is 0 Å². The van der Waals surface area contributed by atoms with Crippen LogP contribution in [-0.4, -0.2) is 65.4 Å². The zero-order valence-electron chi connectivity index (χ0n) is 18.5. The summed E-state index contributed by atoms with van der Waals surface area (Å²) in [5.74, 6) is 0.893. The summed E-state index contributed by atoms with van der Waals surface area (Å²) in [7, 11) is 0. The molecule has 2 aromatic rings. The third-order valence-corrected chi connectivity index (χ3v) is 8.44. The van der Waals surface area contributed by atoms with Crippen LogP contribution in [0.5, 0.6) is 0 Å². The number of morpholine rings is 1. The van der Waals surface area contributed by atoms with Gasteiger partial charge in [-0.2, -0.15) is 5.26 Å². The Hall–Kier alpha value is -2.13. The van der Waals surface area contributed by atoms with Crippen LogP contribution in [0.1, 0.15) is 41.7 Å². The largest absolute Gasteiger partial charge is 0.378 e. The molecule has 4 heterocycles. The van der Waals surface area contributed by atoms with Crippen molar-refractivity contribution in [1.82, 2.24) is 14.8 Å². The highest BCUT2D eigenvalue weighted by molar-refractivity contribution is 7.99. The van der Waals surface area contributed by atoms with Gasteiger partial charge in [0.05, 0.1) is 37.2 Å².